The Labute approximate surface area is 207 Å². The Morgan fingerprint density at radius 1 is 0.917 bits per heavy atom. The smallest absolute Gasteiger partial charge is 0.408 e. The lowest BCUT2D eigenvalue weighted by molar-refractivity contribution is -0.118. The fourth-order valence-electron chi connectivity index (χ4n) is 3.97. The number of aromatic amines is 1. The Kier molecular flexibility index (Phi) is 6.75. The predicted octanol–water partition coefficient (Wildman–Crippen LogP) is 4.83. The van der Waals surface area contributed by atoms with Gasteiger partial charge in [-0.05, 0) is 29.3 Å². The van der Waals surface area contributed by atoms with E-state index >= 15 is 0 Å². The van der Waals surface area contributed by atoms with E-state index < -0.39 is 18.0 Å². The molecule has 2 aromatic heterocycles. The fourth-order valence-corrected chi connectivity index (χ4v) is 3.97. The van der Waals surface area contributed by atoms with Gasteiger partial charge in [0.05, 0.1) is 5.69 Å². The fraction of sp³-hybridized carbons (Fsp3) is 0.107. The number of carbonyl (C=O) groups is 2. The predicted molar refractivity (Wildman–Crippen MR) is 138 cm³/mol. The molecule has 1 atom stereocenters. The SMILES string of the molecule is O=C(NC(Cc1c[nH]c2ccccc12)C(=O)Nc1ccn(-c2ccccc2)n1)OCc1ccccc1. The van der Waals surface area contributed by atoms with Gasteiger partial charge in [-0.15, -0.1) is 0 Å². The average molecular weight is 480 g/mol. The zero-order valence-electron chi connectivity index (χ0n) is 19.4. The van der Waals surface area contributed by atoms with Crippen molar-refractivity contribution in [3.8, 4) is 5.69 Å². The first kappa shape index (κ1) is 22.9. The summed E-state index contributed by atoms with van der Waals surface area (Å²) in [5.41, 5.74) is 3.59. The first-order valence-electron chi connectivity index (χ1n) is 11.6. The number of ether oxygens (including phenoxy) is 1. The molecule has 5 aromatic rings. The molecule has 0 aliphatic rings. The second-order valence-corrected chi connectivity index (χ2v) is 8.29. The number of benzene rings is 3. The Morgan fingerprint density at radius 3 is 2.44 bits per heavy atom. The summed E-state index contributed by atoms with van der Waals surface area (Å²) in [4.78, 5) is 29.1. The van der Waals surface area contributed by atoms with Crippen LogP contribution in [0.2, 0.25) is 0 Å². The molecule has 0 radical (unpaired) electrons. The van der Waals surface area contributed by atoms with Gasteiger partial charge in [-0.3, -0.25) is 4.79 Å². The number of alkyl carbamates (subject to hydrolysis) is 1. The lowest BCUT2D eigenvalue weighted by atomic mass is 10.0. The zero-order chi connectivity index (χ0) is 24.7. The number of amides is 2. The Bertz CT molecular complexity index is 1460. The molecule has 8 nitrogen and oxygen atoms in total. The molecule has 8 heteroatoms. The normalized spacial score (nSPS) is 11.7. The van der Waals surface area contributed by atoms with Crippen molar-refractivity contribution in [3.05, 3.63) is 115 Å². The summed E-state index contributed by atoms with van der Waals surface area (Å²) >= 11 is 0. The highest BCUT2D eigenvalue weighted by Gasteiger charge is 2.24. The van der Waals surface area contributed by atoms with Gasteiger partial charge in [0.15, 0.2) is 5.82 Å². The highest BCUT2D eigenvalue weighted by Crippen LogP contribution is 2.20. The van der Waals surface area contributed by atoms with Crippen LogP contribution in [-0.4, -0.2) is 32.8 Å². The van der Waals surface area contributed by atoms with E-state index in [0.717, 1.165) is 27.7 Å². The van der Waals surface area contributed by atoms with Crippen LogP contribution in [0.4, 0.5) is 10.6 Å². The molecule has 0 saturated carbocycles. The Morgan fingerprint density at radius 2 is 1.64 bits per heavy atom. The van der Waals surface area contributed by atoms with E-state index in [1.165, 1.54) is 0 Å². The van der Waals surface area contributed by atoms with Crippen molar-refractivity contribution < 1.29 is 14.3 Å². The van der Waals surface area contributed by atoms with Crippen molar-refractivity contribution in [2.45, 2.75) is 19.1 Å². The van der Waals surface area contributed by atoms with Crippen LogP contribution in [0.3, 0.4) is 0 Å². The molecule has 3 aromatic carbocycles. The third kappa shape index (κ3) is 5.44. The number of nitrogens with one attached hydrogen (secondary N) is 3. The molecule has 2 heterocycles. The van der Waals surface area contributed by atoms with Gasteiger partial charge in [-0.1, -0.05) is 66.7 Å². The summed E-state index contributed by atoms with van der Waals surface area (Å²) in [5.74, 6) is -0.0116. The number of fused-ring (bicyclic) bond motifs is 1. The number of carbonyl (C=O) groups excluding carboxylic acids is 2. The maximum Gasteiger partial charge on any atom is 0.408 e. The van der Waals surface area contributed by atoms with Crippen LogP contribution >= 0.6 is 0 Å². The molecule has 180 valence electrons. The van der Waals surface area contributed by atoms with Crippen LogP contribution in [0.5, 0.6) is 0 Å². The first-order valence-corrected chi connectivity index (χ1v) is 11.6. The highest BCUT2D eigenvalue weighted by molar-refractivity contribution is 5.96. The van der Waals surface area contributed by atoms with Gasteiger partial charge < -0.3 is 20.4 Å². The number of aromatic nitrogens is 3. The molecule has 1 unspecified atom stereocenters. The molecule has 0 saturated heterocycles. The van der Waals surface area contributed by atoms with E-state index in [0.29, 0.717) is 5.82 Å². The summed E-state index contributed by atoms with van der Waals surface area (Å²) < 4.78 is 7.04. The number of nitrogens with zero attached hydrogens (tertiary/aromatic N) is 2. The largest absolute Gasteiger partial charge is 0.445 e. The lowest BCUT2D eigenvalue weighted by Gasteiger charge is -2.18. The third-order valence-electron chi connectivity index (χ3n) is 5.78. The summed E-state index contributed by atoms with van der Waals surface area (Å²) in [5, 5.41) is 11.0. The van der Waals surface area contributed by atoms with Crippen molar-refractivity contribution in [2.75, 3.05) is 5.32 Å². The van der Waals surface area contributed by atoms with E-state index in [4.69, 9.17) is 4.74 Å². The number of para-hydroxylation sites is 2. The zero-order valence-corrected chi connectivity index (χ0v) is 19.4. The molecule has 0 aliphatic carbocycles. The van der Waals surface area contributed by atoms with Gasteiger partial charge >= 0.3 is 6.09 Å². The molecule has 3 N–H and O–H groups in total. The number of hydrogen-bond donors (Lipinski definition) is 3. The Hall–Kier alpha value is -4.85. The minimum absolute atomic E-state index is 0.107. The van der Waals surface area contributed by atoms with Crippen LogP contribution in [0.1, 0.15) is 11.1 Å². The molecule has 0 bridgehead atoms. The van der Waals surface area contributed by atoms with E-state index in [-0.39, 0.29) is 13.0 Å². The molecular formula is C28H25N5O3. The van der Waals surface area contributed by atoms with Crippen molar-refractivity contribution in [1.82, 2.24) is 20.1 Å². The van der Waals surface area contributed by atoms with E-state index in [1.807, 2.05) is 91.1 Å². The molecule has 2 amide bonds. The molecule has 5 rings (SSSR count). The van der Waals surface area contributed by atoms with Gasteiger partial charge in [0.1, 0.15) is 12.6 Å². The quantitative estimate of drug-likeness (QED) is 0.297. The minimum Gasteiger partial charge on any atom is -0.445 e. The van der Waals surface area contributed by atoms with Crippen molar-refractivity contribution in [1.29, 1.82) is 0 Å². The summed E-state index contributed by atoms with van der Waals surface area (Å²) in [7, 11) is 0. The highest BCUT2D eigenvalue weighted by atomic mass is 16.5. The topological polar surface area (TPSA) is 101 Å². The van der Waals surface area contributed by atoms with Crippen molar-refractivity contribution in [2.24, 2.45) is 0 Å². The van der Waals surface area contributed by atoms with Gasteiger partial charge in [-0.25, -0.2) is 9.48 Å². The van der Waals surface area contributed by atoms with Crippen molar-refractivity contribution in [3.63, 3.8) is 0 Å². The van der Waals surface area contributed by atoms with Crippen LogP contribution in [0.25, 0.3) is 16.6 Å². The summed E-state index contributed by atoms with van der Waals surface area (Å²) in [6, 6.07) is 27.6. The number of anilines is 1. The number of hydrogen-bond acceptors (Lipinski definition) is 4. The minimum atomic E-state index is -0.880. The van der Waals surface area contributed by atoms with Gasteiger partial charge in [0.2, 0.25) is 5.91 Å². The molecule has 0 fully saturated rings. The number of rotatable bonds is 8. The van der Waals surface area contributed by atoms with Crippen molar-refractivity contribution >= 4 is 28.7 Å². The maximum absolute atomic E-state index is 13.3. The standard InChI is InChI=1S/C28H25N5O3/c34-27(31-26-15-16-33(32-26)22-11-5-2-6-12-22)25(17-21-18-29-24-14-8-7-13-23(21)24)30-28(35)36-19-20-9-3-1-4-10-20/h1-16,18,25,29H,17,19H2,(H,30,35)(H,31,32,34). The molecule has 36 heavy (non-hydrogen) atoms. The average Bonchev–Trinajstić information content (AvgIpc) is 3.55. The van der Waals surface area contributed by atoms with Crippen LogP contribution in [0.15, 0.2) is 103 Å². The molecular weight excluding hydrogens is 454 g/mol. The lowest BCUT2D eigenvalue weighted by Crippen LogP contribution is -2.45. The Balaban J connectivity index is 1.31. The van der Waals surface area contributed by atoms with Crippen LogP contribution < -0.4 is 10.6 Å². The van der Waals surface area contributed by atoms with Gasteiger partial charge in [0, 0.05) is 35.8 Å². The van der Waals surface area contributed by atoms with Gasteiger partial charge in [-0.2, -0.15) is 5.10 Å². The van der Waals surface area contributed by atoms with E-state index in [1.54, 1.807) is 16.9 Å². The molecule has 0 spiro atoms. The number of H-pyrrole nitrogens is 1. The molecule has 0 aliphatic heterocycles. The van der Waals surface area contributed by atoms with E-state index in [2.05, 4.69) is 20.7 Å². The second-order valence-electron chi connectivity index (χ2n) is 8.29. The van der Waals surface area contributed by atoms with Crippen LogP contribution in [0, 0.1) is 0 Å². The summed E-state index contributed by atoms with van der Waals surface area (Å²) in [6.45, 7) is 0.107. The monoisotopic (exact) mass is 479 g/mol. The van der Waals surface area contributed by atoms with Crippen LogP contribution in [-0.2, 0) is 22.6 Å². The second kappa shape index (κ2) is 10.6. The van der Waals surface area contributed by atoms with E-state index in [9.17, 15) is 9.59 Å². The summed E-state index contributed by atoms with van der Waals surface area (Å²) in [6.07, 6.45) is 3.22. The van der Waals surface area contributed by atoms with Gasteiger partial charge in [0.25, 0.3) is 0 Å². The maximum atomic E-state index is 13.3. The first-order chi connectivity index (χ1) is 17.7. The third-order valence-corrected chi connectivity index (χ3v) is 5.78.